The number of pyridine rings is 1. The number of rotatable bonds is 6. The van der Waals surface area contributed by atoms with E-state index < -0.39 is 0 Å². The number of nitrogens with one attached hydrogen (secondary N) is 2. The lowest BCUT2D eigenvalue weighted by atomic mass is 10.2. The monoisotopic (exact) mass is 494 g/mol. The summed E-state index contributed by atoms with van der Waals surface area (Å²) < 4.78 is 5.21. The molecule has 0 fully saturated rings. The van der Waals surface area contributed by atoms with Crippen molar-refractivity contribution in [3.63, 3.8) is 0 Å². The van der Waals surface area contributed by atoms with E-state index in [2.05, 4.69) is 44.9 Å². The summed E-state index contributed by atoms with van der Waals surface area (Å²) in [4.78, 5) is 11.0. The standard InChI is InChI=1S/C20H22N4OS.HI/c1-21-20(23-13-16-5-3-4-12-22-16)24-14-18-10-11-19(26-18)15-6-8-17(25-2)9-7-15;/h3-12H,13-14H2,1-2H3,(H2,21,23,24);1H. The van der Waals surface area contributed by atoms with Crippen molar-refractivity contribution in [3.05, 3.63) is 71.4 Å². The molecule has 0 saturated carbocycles. The Balaban J connectivity index is 0.00000261. The van der Waals surface area contributed by atoms with Crippen molar-refractivity contribution in [1.82, 2.24) is 15.6 Å². The van der Waals surface area contributed by atoms with Gasteiger partial charge in [-0.2, -0.15) is 0 Å². The quantitative estimate of drug-likeness (QED) is 0.305. The molecular formula is C20H23IN4OS. The first-order chi connectivity index (χ1) is 12.8. The molecule has 27 heavy (non-hydrogen) atoms. The van der Waals surface area contributed by atoms with Crippen molar-refractivity contribution >= 4 is 41.3 Å². The number of aliphatic imine (C=N–C) groups is 1. The Hall–Kier alpha value is -2.13. The van der Waals surface area contributed by atoms with E-state index in [4.69, 9.17) is 4.74 Å². The van der Waals surface area contributed by atoms with Gasteiger partial charge in [0.1, 0.15) is 5.75 Å². The molecule has 0 bridgehead atoms. The first-order valence-electron chi connectivity index (χ1n) is 8.36. The number of nitrogens with zero attached hydrogens (tertiary/aromatic N) is 2. The minimum Gasteiger partial charge on any atom is -0.497 e. The van der Waals surface area contributed by atoms with Crippen LogP contribution in [0.1, 0.15) is 10.6 Å². The highest BCUT2D eigenvalue weighted by Crippen LogP contribution is 2.29. The van der Waals surface area contributed by atoms with Gasteiger partial charge in [-0.05, 0) is 54.1 Å². The van der Waals surface area contributed by atoms with Gasteiger partial charge in [0.15, 0.2) is 5.96 Å². The van der Waals surface area contributed by atoms with Crippen molar-refractivity contribution in [2.24, 2.45) is 4.99 Å². The highest BCUT2D eigenvalue weighted by atomic mass is 127. The zero-order valence-corrected chi connectivity index (χ0v) is 18.5. The van der Waals surface area contributed by atoms with Crippen LogP contribution in [-0.4, -0.2) is 25.1 Å². The van der Waals surface area contributed by atoms with E-state index in [1.165, 1.54) is 15.3 Å². The lowest BCUT2D eigenvalue weighted by molar-refractivity contribution is 0.415. The van der Waals surface area contributed by atoms with Gasteiger partial charge in [-0.25, -0.2) is 0 Å². The molecule has 3 rings (SSSR count). The van der Waals surface area contributed by atoms with E-state index in [0.29, 0.717) is 6.54 Å². The summed E-state index contributed by atoms with van der Waals surface area (Å²) in [7, 11) is 3.45. The van der Waals surface area contributed by atoms with Gasteiger partial charge in [0.25, 0.3) is 0 Å². The van der Waals surface area contributed by atoms with E-state index in [9.17, 15) is 0 Å². The topological polar surface area (TPSA) is 58.5 Å². The van der Waals surface area contributed by atoms with E-state index in [1.807, 2.05) is 30.3 Å². The van der Waals surface area contributed by atoms with Crippen molar-refractivity contribution in [2.45, 2.75) is 13.1 Å². The molecule has 0 aliphatic rings. The number of halogens is 1. The molecule has 1 aromatic carbocycles. The Bertz CT molecular complexity index is 850. The second-order valence-electron chi connectivity index (χ2n) is 5.59. The van der Waals surface area contributed by atoms with Crippen LogP contribution >= 0.6 is 35.3 Å². The minimum atomic E-state index is 0. The van der Waals surface area contributed by atoms with Crippen LogP contribution in [0.25, 0.3) is 10.4 Å². The normalized spacial score (nSPS) is 10.8. The first-order valence-corrected chi connectivity index (χ1v) is 9.17. The van der Waals surface area contributed by atoms with Gasteiger partial charge in [0, 0.05) is 23.0 Å². The average Bonchev–Trinajstić information content (AvgIpc) is 3.18. The molecule has 5 nitrogen and oxygen atoms in total. The van der Waals surface area contributed by atoms with Gasteiger partial charge in [-0.1, -0.05) is 6.07 Å². The Morgan fingerprint density at radius 3 is 2.48 bits per heavy atom. The lowest BCUT2D eigenvalue weighted by Gasteiger charge is -2.10. The summed E-state index contributed by atoms with van der Waals surface area (Å²) in [6.45, 7) is 1.37. The van der Waals surface area contributed by atoms with Crippen LogP contribution in [0.5, 0.6) is 5.75 Å². The SMILES string of the molecule is CN=C(NCc1ccccn1)NCc1ccc(-c2ccc(OC)cc2)s1.I. The molecule has 0 aliphatic heterocycles. The molecule has 2 aromatic heterocycles. The van der Waals surface area contributed by atoms with E-state index in [1.54, 1.807) is 31.7 Å². The van der Waals surface area contributed by atoms with Crippen molar-refractivity contribution in [3.8, 4) is 16.2 Å². The van der Waals surface area contributed by atoms with Crippen molar-refractivity contribution in [1.29, 1.82) is 0 Å². The summed E-state index contributed by atoms with van der Waals surface area (Å²) in [5, 5.41) is 6.61. The van der Waals surface area contributed by atoms with Crippen LogP contribution in [0.2, 0.25) is 0 Å². The van der Waals surface area contributed by atoms with Crippen LogP contribution < -0.4 is 15.4 Å². The molecule has 142 valence electrons. The molecule has 0 saturated heterocycles. The maximum absolute atomic E-state index is 5.21. The average molecular weight is 494 g/mol. The third-order valence-corrected chi connectivity index (χ3v) is 4.99. The fourth-order valence-electron chi connectivity index (χ4n) is 2.45. The van der Waals surface area contributed by atoms with E-state index in [-0.39, 0.29) is 24.0 Å². The van der Waals surface area contributed by atoms with Crippen LogP contribution in [0.3, 0.4) is 0 Å². The van der Waals surface area contributed by atoms with E-state index >= 15 is 0 Å². The second kappa shape index (κ2) is 10.9. The van der Waals surface area contributed by atoms with Crippen LogP contribution in [0.15, 0.2) is 65.8 Å². The molecule has 7 heteroatoms. The highest BCUT2D eigenvalue weighted by Gasteiger charge is 2.05. The molecule has 3 aromatic rings. The number of aromatic nitrogens is 1. The Kier molecular flexibility index (Phi) is 8.53. The van der Waals surface area contributed by atoms with Crippen LogP contribution in [0, 0.1) is 0 Å². The fraction of sp³-hybridized carbons (Fsp3) is 0.200. The zero-order chi connectivity index (χ0) is 18.2. The number of thiophene rings is 1. The minimum absolute atomic E-state index is 0. The van der Waals surface area contributed by atoms with Gasteiger partial charge in [-0.15, -0.1) is 35.3 Å². The third-order valence-electron chi connectivity index (χ3n) is 3.85. The maximum Gasteiger partial charge on any atom is 0.191 e. The molecule has 2 N–H and O–H groups in total. The Labute approximate surface area is 180 Å². The summed E-state index contributed by atoms with van der Waals surface area (Å²) in [5.74, 6) is 1.63. The Morgan fingerprint density at radius 2 is 1.81 bits per heavy atom. The molecule has 0 amide bonds. The number of benzene rings is 1. The van der Waals surface area contributed by atoms with Gasteiger partial charge in [0.2, 0.25) is 0 Å². The fourth-order valence-corrected chi connectivity index (χ4v) is 3.40. The van der Waals surface area contributed by atoms with Crippen LogP contribution in [0.4, 0.5) is 0 Å². The molecule has 0 aliphatic carbocycles. The Morgan fingerprint density at radius 1 is 1.04 bits per heavy atom. The summed E-state index contributed by atoms with van der Waals surface area (Å²) in [5.41, 5.74) is 2.17. The molecule has 0 atom stereocenters. The first kappa shape index (κ1) is 21.2. The van der Waals surface area contributed by atoms with Gasteiger partial charge < -0.3 is 15.4 Å². The number of hydrogen-bond donors (Lipinski definition) is 2. The van der Waals surface area contributed by atoms with Crippen LogP contribution in [-0.2, 0) is 13.1 Å². The predicted molar refractivity (Wildman–Crippen MR) is 123 cm³/mol. The smallest absolute Gasteiger partial charge is 0.191 e. The maximum atomic E-state index is 5.21. The van der Waals surface area contributed by atoms with Gasteiger partial charge >= 0.3 is 0 Å². The summed E-state index contributed by atoms with van der Waals surface area (Å²) in [6, 6.07) is 18.3. The third kappa shape index (κ3) is 6.21. The summed E-state index contributed by atoms with van der Waals surface area (Å²) in [6.07, 6.45) is 1.79. The van der Waals surface area contributed by atoms with Gasteiger partial charge in [0.05, 0.1) is 25.9 Å². The summed E-state index contributed by atoms with van der Waals surface area (Å²) >= 11 is 1.77. The predicted octanol–water partition coefficient (Wildman–Crippen LogP) is 4.30. The molecule has 0 unspecified atom stereocenters. The van der Waals surface area contributed by atoms with E-state index in [0.717, 1.165) is 23.9 Å². The highest BCUT2D eigenvalue weighted by molar-refractivity contribution is 14.0. The number of methoxy groups -OCH3 is 1. The number of hydrogen-bond acceptors (Lipinski definition) is 4. The van der Waals surface area contributed by atoms with Gasteiger partial charge in [-0.3, -0.25) is 9.98 Å². The number of guanidine groups is 1. The molecular weight excluding hydrogens is 471 g/mol. The second-order valence-corrected chi connectivity index (χ2v) is 6.76. The zero-order valence-electron chi connectivity index (χ0n) is 15.3. The van der Waals surface area contributed by atoms with Crippen molar-refractivity contribution < 1.29 is 4.74 Å². The molecule has 0 spiro atoms. The molecule has 0 radical (unpaired) electrons. The lowest BCUT2D eigenvalue weighted by Crippen LogP contribution is -2.36. The molecule has 2 heterocycles. The van der Waals surface area contributed by atoms with Crippen molar-refractivity contribution in [2.75, 3.05) is 14.2 Å². The number of ether oxygens (including phenoxy) is 1. The largest absolute Gasteiger partial charge is 0.497 e.